The van der Waals surface area contributed by atoms with Crippen LogP contribution in [0.25, 0.3) is 11.0 Å². The molecule has 3 rings (SSSR count). The maximum Gasteiger partial charge on any atom is 0.419 e. The molecule has 1 fully saturated rings. The second-order valence-corrected chi connectivity index (χ2v) is 5.65. The van der Waals surface area contributed by atoms with Gasteiger partial charge in [-0.25, -0.2) is 20.2 Å². The number of anilines is 2. The van der Waals surface area contributed by atoms with E-state index >= 15 is 0 Å². The first-order valence-corrected chi connectivity index (χ1v) is 7.28. The molecule has 6 nitrogen and oxygen atoms in total. The summed E-state index contributed by atoms with van der Waals surface area (Å²) >= 11 is 0. The van der Waals surface area contributed by atoms with Crippen molar-refractivity contribution in [1.82, 2.24) is 14.9 Å². The molecule has 130 valence electrons. The smallest absolute Gasteiger partial charge is 0.351 e. The van der Waals surface area contributed by atoms with Crippen molar-refractivity contribution in [3.05, 3.63) is 23.5 Å². The highest BCUT2D eigenvalue weighted by Crippen LogP contribution is 2.34. The van der Waals surface area contributed by atoms with Crippen molar-refractivity contribution in [3.63, 3.8) is 0 Å². The third-order valence-electron chi connectivity index (χ3n) is 3.98. The van der Waals surface area contributed by atoms with Crippen LogP contribution >= 0.6 is 0 Å². The zero-order chi connectivity index (χ0) is 17.5. The number of nitrogen functional groups attached to an aromatic ring is 1. The van der Waals surface area contributed by atoms with E-state index in [0.717, 1.165) is 19.2 Å². The van der Waals surface area contributed by atoms with Crippen LogP contribution in [0.5, 0.6) is 0 Å². The van der Waals surface area contributed by atoms with Crippen molar-refractivity contribution in [2.75, 3.05) is 43.6 Å². The first-order valence-electron chi connectivity index (χ1n) is 7.28. The number of nitrogens with one attached hydrogen (secondary N) is 1. The number of fused-ring (bicyclic) bond motifs is 1. The van der Waals surface area contributed by atoms with Crippen molar-refractivity contribution < 1.29 is 17.6 Å². The van der Waals surface area contributed by atoms with E-state index < -0.39 is 17.6 Å². The lowest BCUT2D eigenvalue weighted by atomic mass is 10.1. The standard InChI is InChI=1S/C14H16F4N6/c1-23-2-4-24(5-3-23)13-12(22-19)20-10-6-8(14(16,17)18)9(15)7-11(10)21-13/h6-7H,2-5,19H2,1H3,(H,20,22). The topological polar surface area (TPSA) is 70.3 Å². The largest absolute Gasteiger partial charge is 0.419 e. The summed E-state index contributed by atoms with van der Waals surface area (Å²) in [6, 6.07) is 1.40. The molecule has 0 unspecified atom stereocenters. The number of hydrazine groups is 1. The van der Waals surface area contributed by atoms with Crippen molar-refractivity contribution in [1.29, 1.82) is 0 Å². The highest BCUT2D eigenvalue weighted by atomic mass is 19.4. The van der Waals surface area contributed by atoms with E-state index in [-0.39, 0.29) is 16.9 Å². The Morgan fingerprint density at radius 3 is 2.29 bits per heavy atom. The molecule has 0 amide bonds. The zero-order valence-corrected chi connectivity index (χ0v) is 12.9. The summed E-state index contributed by atoms with van der Waals surface area (Å²) in [5.74, 6) is 4.63. The first-order chi connectivity index (χ1) is 11.3. The van der Waals surface area contributed by atoms with Crippen LogP contribution in [0.3, 0.4) is 0 Å². The van der Waals surface area contributed by atoms with Crippen LogP contribution < -0.4 is 16.2 Å². The minimum Gasteiger partial charge on any atom is -0.351 e. The van der Waals surface area contributed by atoms with Gasteiger partial charge in [-0.15, -0.1) is 0 Å². The molecule has 1 saturated heterocycles. The van der Waals surface area contributed by atoms with Gasteiger partial charge in [0.15, 0.2) is 11.6 Å². The van der Waals surface area contributed by atoms with Gasteiger partial charge in [-0.05, 0) is 13.1 Å². The van der Waals surface area contributed by atoms with E-state index in [1.54, 1.807) is 0 Å². The SMILES string of the molecule is CN1CCN(c2nc3cc(F)c(C(F)(F)F)cc3nc2NN)CC1. The molecule has 0 spiro atoms. The Balaban J connectivity index is 2.08. The molecule has 1 aliphatic heterocycles. The fourth-order valence-electron chi connectivity index (χ4n) is 2.62. The summed E-state index contributed by atoms with van der Waals surface area (Å²) in [5.41, 5.74) is 0.965. The predicted octanol–water partition coefficient (Wildman–Crippen LogP) is 1.83. The van der Waals surface area contributed by atoms with Crippen molar-refractivity contribution in [3.8, 4) is 0 Å². The number of likely N-dealkylation sites (N-methyl/N-ethyl adjacent to an activating group) is 1. The summed E-state index contributed by atoms with van der Waals surface area (Å²) < 4.78 is 52.2. The van der Waals surface area contributed by atoms with Crippen molar-refractivity contribution in [2.45, 2.75) is 6.18 Å². The molecule has 10 heteroatoms. The second-order valence-electron chi connectivity index (χ2n) is 5.65. The van der Waals surface area contributed by atoms with Gasteiger partial charge < -0.3 is 15.2 Å². The molecule has 1 aliphatic rings. The third kappa shape index (κ3) is 3.06. The predicted molar refractivity (Wildman–Crippen MR) is 82.0 cm³/mol. The fraction of sp³-hybridized carbons (Fsp3) is 0.429. The Labute approximate surface area is 135 Å². The molecule has 0 aliphatic carbocycles. The lowest BCUT2D eigenvalue weighted by Gasteiger charge is -2.33. The van der Waals surface area contributed by atoms with Crippen LogP contribution in [0.4, 0.5) is 29.2 Å². The number of piperazine rings is 1. The minimum atomic E-state index is -4.80. The molecule has 0 bridgehead atoms. The van der Waals surface area contributed by atoms with Crippen molar-refractivity contribution in [2.24, 2.45) is 5.84 Å². The van der Waals surface area contributed by atoms with Crippen LogP contribution in [0.1, 0.15) is 5.56 Å². The van der Waals surface area contributed by atoms with Gasteiger partial charge in [-0.3, -0.25) is 0 Å². The summed E-state index contributed by atoms with van der Waals surface area (Å²) in [6.07, 6.45) is -4.80. The first kappa shape index (κ1) is 16.7. The molecule has 2 aromatic rings. The van der Waals surface area contributed by atoms with Gasteiger partial charge in [0.05, 0.1) is 16.6 Å². The summed E-state index contributed by atoms with van der Waals surface area (Å²) in [6.45, 7) is 2.92. The summed E-state index contributed by atoms with van der Waals surface area (Å²) in [5, 5.41) is 0. The van der Waals surface area contributed by atoms with Gasteiger partial charge in [0, 0.05) is 32.2 Å². The van der Waals surface area contributed by atoms with Gasteiger partial charge >= 0.3 is 6.18 Å². The quantitative estimate of drug-likeness (QED) is 0.492. The fourth-order valence-corrected chi connectivity index (χ4v) is 2.62. The number of halogens is 4. The Hall–Kier alpha value is -2.20. The Kier molecular flexibility index (Phi) is 4.18. The van der Waals surface area contributed by atoms with Crippen LogP contribution in [0.15, 0.2) is 12.1 Å². The number of hydrogen-bond donors (Lipinski definition) is 2. The van der Waals surface area contributed by atoms with Crippen LogP contribution in [-0.2, 0) is 6.18 Å². The van der Waals surface area contributed by atoms with Crippen LogP contribution in [0, 0.1) is 5.82 Å². The number of benzene rings is 1. The van der Waals surface area contributed by atoms with E-state index in [1.807, 2.05) is 11.9 Å². The number of hydrogen-bond acceptors (Lipinski definition) is 6. The second kappa shape index (κ2) is 6.02. The minimum absolute atomic E-state index is 0.0495. The molecule has 0 saturated carbocycles. The molecule has 0 atom stereocenters. The molecule has 1 aromatic heterocycles. The number of rotatable bonds is 2. The monoisotopic (exact) mass is 344 g/mol. The zero-order valence-electron chi connectivity index (χ0n) is 12.9. The Morgan fingerprint density at radius 1 is 1.08 bits per heavy atom. The third-order valence-corrected chi connectivity index (χ3v) is 3.98. The van der Waals surface area contributed by atoms with Gasteiger partial charge in [0.25, 0.3) is 0 Å². The van der Waals surface area contributed by atoms with E-state index in [1.165, 1.54) is 0 Å². The molecule has 3 N–H and O–H groups in total. The van der Waals surface area contributed by atoms with Crippen LogP contribution in [0.2, 0.25) is 0 Å². The lowest BCUT2D eigenvalue weighted by Crippen LogP contribution is -2.45. The van der Waals surface area contributed by atoms with Gasteiger partial charge in [-0.2, -0.15) is 13.2 Å². The number of nitrogens with two attached hydrogens (primary N) is 1. The molecular formula is C14H16F4N6. The number of aromatic nitrogens is 2. The number of alkyl halides is 3. The molecule has 0 radical (unpaired) electrons. The van der Waals surface area contributed by atoms with E-state index in [9.17, 15) is 17.6 Å². The maximum absolute atomic E-state index is 13.8. The van der Waals surface area contributed by atoms with Gasteiger partial charge in [-0.1, -0.05) is 0 Å². The van der Waals surface area contributed by atoms with Gasteiger partial charge in [0.2, 0.25) is 0 Å². The normalized spacial score (nSPS) is 16.7. The maximum atomic E-state index is 13.8. The summed E-state index contributed by atoms with van der Waals surface area (Å²) in [4.78, 5) is 12.4. The number of nitrogens with zero attached hydrogens (tertiary/aromatic N) is 4. The van der Waals surface area contributed by atoms with Gasteiger partial charge in [0.1, 0.15) is 5.82 Å². The van der Waals surface area contributed by atoms with E-state index in [4.69, 9.17) is 5.84 Å². The highest BCUT2D eigenvalue weighted by molar-refractivity contribution is 5.81. The molecular weight excluding hydrogens is 328 g/mol. The van der Waals surface area contributed by atoms with Crippen LogP contribution in [-0.4, -0.2) is 48.1 Å². The average Bonchev–Trinajstić information content (AvgIpc) is 2.53. The Morgan fingerprint density at radius 2 is 1.71 bits per heavy atom. The van der Waals surface area contributed by atoms with Crippen molar-refractivity contribution >= 4 is 22.7 Å². The van der Waals surface area contributed by atoms with E-state index in [0.29, 0.717) is 25.0 Å². The average molecular weight is 344 g/mol. The highest BCUT2D eigenvalue weighted by Gasteiger charge is 2.35. The molecule has 1 aromatic carbocycles. The molecule has 2 heterocycles. The summed E-state index contributed by atoms with van der Waals surface area (Å²) in [7, 11) is 1.99. The Bertz CT molecular complexity index is 755. The molecule has 24 heavy (non-hydrogen) atoms. The lowest BCUT2D eigenvalue weighted by molar-refractivity contribution is -0.139. The van der Waals surface area contributed by atoms with E-state index in [2.05, 4.69) is 20.3 Å².